The summed E-state index contributed by atoms with van der Waals surface area (Å²) in [7, 11) is 3.70. The van der Waals surface area contributed by atoms with E-state index in [-0.39, 0.29) is 0 Å². The van der Waals surface area contributed by atoms with E-state index in [1.54, 1.807) is 18.1 Å². The van der Waals surface area contributed by atoms with Crippen molar-refractivity contribution in [3.8, 4) is 0 Å². The maximum absolute atomic E-state index is 4.29. The average Bonchev–Trinajstić information content (AvgIpc) is 2.91. The summed E-state index contributed by atoms with van der Waals surface area (Å²) in [5.41, 5.74) is 0. The van der Waals surface area contributed by atoms with E-state index in [4.69, 9.17) is 0 Å². The zero-order chi connectivity index (χ0) is 15.1. The standard InChI is InChI=1S/C14H27N7/c1-4-7-21-8-5-12(6-9-21)19-14(15-2)16-10-13-17-11-18-20(13)3/h11-12H,4-10H2,1-3H3,(H2,15,16,19). The molecule has 0 amide bonds. The van der Waals surface area contributed by atoms with Gasteiger partial charge in [0.15, 0.2) is 5.96 Å². The molecule has 0 atom stereocenters. The van der Waals surface area contributed by atoms with Crippen molar-refractivity contribution in [3.63, 3.8) is 0 Å². The van der Waals surface area contributed by atoms with Crippen molar-refractivity contribution in [2.75, 3.05) is 26.7 Å². The Labute approximate surface area is 126 Å². The Balaban J connectivity index is 1.74. The van der Waals surface area contributed by atoms with Crippen LogP contribution in [-0.2, 0) is 13.6 Å². The molecule has 1 aliphatic heterocycles. The maximum atomic E-state index is 4.29. The predicted molar refractivity (Wildman–Crippen MR) is 84.1 cm³/mol. The fraction of sp³-hybridized carbons (Fsp3) is 0.786. The van der Waals surface area contributed by atoms with E-state index >= 15 is 0 Å². The molecule has 1 aliphatic rings. The van der Waals surface area contributed by atoms with Gasteiger partial charge < -0.3 is 15.5 Å². The number of nitrogens with zero attached hydrogens (tertiary/aromatic N) is 5. The first kappa shape index (κ1) is 15.8. The number of aromatic nitrogens is 3. The number of hydrogen-bond donors (Lipinski definition) is 2. The Morgan fingerprint density at radius 1 is 1.43 bits per heavy atom. The second-order valence-electron chi connectivity index (χ2n) is 5.49. The smallest absolute Gasteiger partial charge is 0.191 e. The summed E-state index contributed by atoms with van der Waals surface area (Å²) in [6.45, 7) is 6.43. The summed E-state index contributed by atoms with van der Waals surface area (Å²) in [5.74, 6) is 1.74. The summed E-state index contributed by atoms with van der Waals surface area (Å²) in [6.07, 6.45) is 5.14. The van der Waals surface area contributed by atoms with Crippen LogP contribution in [0.5, 0.6) is 0 Å². The van der Waals surface area contributed by atoms with Crippen LogP contribution in [0.15, 0.2) is 11.3 Å². The summed E-state index contributed by atoms with van der Waals surface area (Å²) >= 11 is 0. The highest BCUT2D eigenvalue weighted by atomic mass is 15.3. The number of likely N-dealkylation sites (tertiary alicyclic amines) is 1. The van der Waals surface area contributed by atoms with Crippen LogP contribution in [0.4, 0.5) is 0 Å². The summed E-state index contributed by atoms with van der Waals surface area (Å²) in [4.78, 5) is 11.0. The Morgan fingerprint density at radius 3 is 2.76 bits per heavy atom. The molecule has 0 aliphatic carbocycles. The maximum Gasteiger partial charge on any atom is 0.191 e. The van der Waals surface area contributed by atoms with Crippen LogP contribution >= 0.6 is 0 Å². The van der Waals surface area contributed by atoms with E-state index in [2.05, 4.69) is 37.5 Å². The minimum atomic E-state index is 0.504. The van der Waals surface area contributed by atoms with Gasteiger partial charge in [-0.05, 0) is 25.8 Å². The third-order valence-electron chi connectivity index (χ3n) is 3.91. The number of aliphatic imine (C=N–C) groups is 1. The Hall–Kier alpha value is -1.63. The second kappa shape index (κ2) is 7.97. The van der Waals surface area contributed by atoms with E-state index in [1.165, 1.54) is 38.9 Å². The molecule has 7 heteroatoms. The molecule has 2 rings (SSSR count). The summed E-state index contributed by atoms with van der Waals surface area (Å²) < 4.78 is 1.77. The SMILES string of the molecule is CCCN1CCC(NC(=NC)NCc2ncnn2C)CC1. The first-order valence-corrected chi connectivity index (χ1v) is 7.75. The minimum Gasteiger partial charge on any atom is -0.354 e. The van der Waals surface area contributed by atoms with Crippen molar-refractivity contribution in [2.24, 2.45) is 12.0 Å². The van der Waals surface area contributed by atoms with Gasteiger partial charge in [-0.15, -0.1) is 0 Å². The molecule has 2 N–H and O–H groups in total. The van der Waals surface area contributed by atoms with Crippen molar-refractivity contribution in [3.05, 3.63) is 12.2 Å². The van der Waals surface area contributed by atoms with E-state index in [0.29, 0.717) is 12.6 Å². The Morgan fingerprint density at radius 2 is 2.19 bits per heavy atom. The molecule has 118 valence electrons. The topological polar surface area (TPSA) is 70.4 Å². The Bertz CT molecular complexity index is 446. The molecule has 0 spiro atoms. The highest BCUT2D eigenvalue weighted by Crippen LogP contribution is 2.10. The number of aryl methyl sites for hydroxylation is 1. The van der Waals surface area contributed by atoms with Gasteiger partial charge in [-0.1, -0.05) is 6.92 Å². The molecule has 1 aromatic heterocycles. The van der Waals surface area contributed by atoms with Crippen LogP contribution in [0.3, 0.4) is 0 Å². The van der Waals surface area contributed by atoms with Gasteiger partial charge in [-0.25, -0.2) is 4.98 Å². The van der Waals surface area contributed by atoms with Crippen LogP contribution in [0.25, 0.3) is 0 Å². The molecule has 1 aromatic rings. The molecular weight excluding hydrogens is 266 g/mol. The predicted octanol–water partition coefficient (Wildman–Crippen LogP) is 0.355. The van der Waals surface area contributed by atoms with Gasteiger partial charge in [0.1, 0.15) is 12.2 Å². The zero-order valence-electron chi connectivity index (χ0n) is 13.3. The van der Waals surface area contributed by atoms with Crippen LogP contribution in [0.1, 0.15) is 32.0 Å². The molecule has 21 heavy (non-hydrogen) atoms. The van der Waals surface area contributed by atoms with E-state index in [9.17, 15) is 0 Å². The van der Waals surface area contributed by atoms with Crippen molar-refractivity contribution >= 4 is 5.96 Å². The van der Waals surface area contributed by atoms with Crippen molar-refractivity contribution in [1.82, 2.24) is 30.3 Å². The largest absolute Gasteiger partial charge is 0.354 e. The lowest BCUT2D eigenvalue weighted by Gasteiger charge is -2.32. The third kappa shape index (κ3) is 4.70. The van der Waals surface area contributed by atoms with E-state index in [0.717, 1.165) is 11.8 Å². The molecule has 1 saturated heterocycles. The lowest BCUT2D eigenvalue weighted by Crippen LogP contribution is -2.48. The minimum absolute atomic E-state index is 0.504. The fourth-order valence-electron chi connectivity index (χ4n) is 2.65. The van der Waals surface area contributed by atoms with Crippen molar-refractivity contribution < 1.29 is 0 Å². The number of nitrogens with one attached hydrogen (secondary N) is 2. The van der Waals surface area contributed by atoms with Gasteiger partial charge >= 0.3 is 0 Å². The molecule has 1 fully saturated rings. The molecule has 0 unspecified atom stereocenters. The highest BCUT2D eigenvalue weighted by molar-refractivity contribution is 5.79. The summed E-state index contributed by atoms with van der Waals surface area (Å²) in [6, 6.07) is 0.504. The van der Waals surface area contributed by atoms with Crippen molar-refractivity contribution in [2.45, 2.75) is 38.8 Å². The van der Waals surface area contributed by atoms with Gasteiger partial charge in [-0.2, -0.15) is 5.10 Å². The van der Waals surface area contributed by atoms with E-state index in [1.807, 2.05) is 7.05 Å². The first-order valence-electron chi connectivity index (χ1n) is 7.75. The Kier molecular flexibility index (Phi) is 5.98. The molecule has 7 nitrogen and oxygen atoms in total. The first-order chi connectivity index (χ1) is 10.2. The fourth-order valence-corrected chi connectivity index (χ4v) is 2.65. The number of guanidine groups is 1. The van der Waals surface area contributed by atoms with Crippen LogP contribution < -0.4 is 10.6 Å². The molecule has 2 heterocycles. The summed E-state index contributed by atoms with van der Waals surface area (Å²) in [5, 5.41) is 10.9. The second-order valence-corrected chi connectivity index (χ2v) is 5.49. The lowest BCUT2D eigenvalue weighted by molar-refractivity contribution is 0.206. The number of hydrogen-bond acceptors (Lipinski definition) is 4. The van der Waals surface area contributed by atoms with Gasteiger partial charge in [0.2, 0.25) is 0 Å². The zero-order valence-corrected chi connectivity index (χ0v) is 13.3. The number of piperidine rings is 1. The normalized spacial score (nSPS) is 18.0. The van der Waals surface area contributed by atoms with E-state index < -0.39 is 0 Å². The molecule has 0 radical (unpaired) electrons. The third-order valence-corrected chi connectivity index (χ3v) is 3.91. The molecule has 0 aromatic carbocycles. The molecule has 0 bridgehead atoms. The number of rotatable bonds is 5. The van der Waals surface area contributed by atoms with Gasteiger partial charge in [0.25, 0.3) is 0 Å². The molecular formula is C14H27N7. The van der Waals surface area contributed by atoms with Gasteiger partial charge in [-0.3, -0.25) is 9.67 Å². The average molecular weight is 293 g/mol. The van der Waals surface area contributed by atoms with Gasteiger partial charge in [0, 0.05) is 33.2 Å². The quantitative estimate of drug-likeness (QED) is 0.606. The van der Waals surface area contributed by atoms with Gasteiger partial charge in [0.05, 0.1) is 6.54 Å². The van der Waals surface area contributed by atoms with Crippen LogP contribution in [-0.4, -0.2) is 58.3 Å². The lowest BCUT2D eigenvalue weighted by atomic mass is 10.1. The van der Waals surface area contributed by atoms with Crippen LogP contribution in [0, 0.1) is 0 Å². The highest BCUT2D eigenvalue weighted by Gasteiger charge is 2.19. The molecule has 0 saturated carbocycles. The monoisotopic (exact) mass is 293 g/mol. The van der Waals surface area contributed by atoms with Crippen molar-refractivity contribution in [1.29, 1.82) is 0 Å². The van der Waals surface area contributed by atoms with Crippen LogP contribution in [0.2, 0.25) is 0 Å².